The van der Waals surface area contributed by atoms with Crippen molar-refractivity contribution in [3.8, 4) is 11.5 Å². The number of hydrogen-bond acceptors (Lipinski definition) is 8. The Morgan fingerprint density at radius 2 is 1.96 bits per heavy atom. The van der Waals surface area contributed by atoms with Crippen LogP contribution in [0.25, 0.3) is 10.3 Å². The fraction of sp³-hybridized carbons (Fsp3) is 0.312. The molecule has 3 aromatic rings. The zero-order valence-corrected chi connectivity index (χ0v) is 15.3. The molecular formula is C16H18N4O2S2. The van der Waals surface area contributed by atoms with Crippen molar-refractivity contribution in [2.24, 2.45) is 0 Å². The molecule has 1 aromatic carbocycles. The summed E-state index contributed by atoms with van der Waals surface area (Å²) in [6, 6.07) is 7.55. The Balaban J connectivity index is 1.63. The number of methoxy groups -OCH3 is 1. The van der Waals surface area contributed by atoms with Gasteiger partial charge in [-0.15, -0.1) is 11.3 Å². The van der Waals surface area contributed by atoms with Gasteiger partial charge < -0.3 is 14.8 Å². The zero-order chi connectivity index (χ0) is 16.9. The summed E-state index contributed by atoms with van der Waals surface area (Å²) in [6.45, 7) is 2.64. The first-order valence-corrected chi connectivity index (χ1v) is 9.44. The number of thiazole rings is 1. The summed E-state index contributed by atoms with van der Waals surface area (Å²) in [4.78, 5) is 13.0. The van der Waals surface area contributed by atoms with Crippen molar-refractivity contribution in [3.05, 3.63) is 30.6 Å². The van der Waals surface area contributed by atoms with Gasteiger partial charge in [0.2, 0.25) is 0 Å². The van der Waals surface area contributed by atoms with Crippen molar-refractivity contribution in [1.29, 1.82) is 0 Å². The van der Waals surface area contributed by atoms with Gasteiger partial charge in [0, 0.05) is 0 Å². The number of aromatic nitrogens is 3. The third-order valence-electron chi connectivity index (χ3n) is 3.30. The van der Waals surface area contributed by atoms with Crippen molar-refractivity contribution in [1.82, 2.24) is 15.0 Å². The van der Waals surface area contributed by atoms with Crippen molar-refractivity contribution in [2.75, 3.05) is 25.2 Å². The molecule has 2 heterocycles. The van der Waals surface area contributed by atoms with Gasteiger partial charge in [0.05, 0.1) is 13.7 Å². The molecule has 2 aromatic heterocycles. The lowest BCUT2D eigenvalue weighted by molar-refractivity contribution is 0.234. The number of fused-ring (bicyclic) bond motifs is 1. The van der Waals surface area contributed by atoms with Crippen LogP contribution in [-0.2, 0) is 0 Å². The molecule has 8 heteroatoms. The molecule has 0 amide bonds. The van der Waals surface area contributed by atoms with Crippen molar-refractivity contribution in [2.45, 2.75) is 17.4 Å². The van der Waals surface area contributed by atoms with E-state index in [9.17, 15) is 0 Å². The van der Waals surface area contributed by atoms with Gasteiger partial charge in [-0.05, 0) is 37.4 Å². The molecule has 1 atom stereocenters. The minimum Gasteiger partial charge on any atom is -0.497 e. The number of thioether (sulfide) groups is 1. The van der Waals surface area contributed by atoms with Crippen LogP contribution in [0.15, 0.2) is 34.9 Å². The largest absolute Gasteiger partial charge is 0.497 e. The van der Waals surface area contributed by atoms with Gasteiger partial charge in [0.1, 0.15) is 34.4 Å². The highest BCUT2D eigenvalue weighted by molar-refractivity contribution is 8.00. The smallest absolute Gasteiger partial charge is 0.176 e. The lowest BCUT2D eigenvalue weighted by atomic mass is 10.3. The topological polar surface area (TPSA) is 69.2 Å². The van der Waals surface area contributed by atoms with E-state index in [1.165, 1.54) is 6.33 Å². The minimum absolute atomic E-state index is 0.0173. The van der Waals surface area contributed by atoms with Crippen LogP contribution in [0.5, 0.6) is 11.5 Å². The molecule has 0 aliphatic rings. The van der Waals surface area contributed by atoms with E-state index >= 15 is 0 Å². The van der Waals surface area contributed by atoms with Crippen molar-refractivity contribution in [3.63, 3.8) is 0 Å². The van der Waals surface area contributed by atoms with Crippen LogP contribution in [0.3, 0.4) is 0 Å². The molecule has 0 aliphatic heterocycles. The van der Waals surface area contributed by atoms with E-state index in [1.807, 2.05) is 37.4 Å². The average Bonchev–Trinajstić information content (AvgIpc) is 3.04. The molecule has 0 fully saturated rings. The van der Waals surface area contributed by atoms with Gasteiger partial charge in [-0.3, -0.25) is 0 Å². The molecule has 0 aliphatic carbocycles. The third kappa shape index (κ3) is 3.88. The summed E-state index contributed by atoms with van der Waals surface area (Å²) in [6.07, 6.45) is 3.52. The number of hydrogen-bond donors (Lipinski definition) is 1. The van der Waals surface area contributed by atoms with E-state index in [0.29, 0.717) is 6.54 Å². The number of benzene rings is 1. The first-order chi connectivity index (χ1) is 11.7. The second-order valence-electron chi connectivity index (χ2n) is 5.04. The van der Waals surface area contributed by atoms with Crippen LogP contribution < -0.4 is 14.8 Å². The van der Waals surface area contributed by atoms with E-state index in [0.717, 1.165) is 32.0 Å². The van der Waals surface area contributed by atoms with E-state index in [4.69, 9.17) is 9.47 Å². The molecule has 0 saturated heterocycles. The van der Waals surface area contributed by atoms with Gasteiger partial charge in [-0.25, -0.2) is 15.0 Å². The maximum absolute atomic E-state index is 5.90. The van der Waals surface area contributed by atoms with Gasteiger partial charge in [0.25, 0.3) is 0 Å². The fourth-order valence-corrected chi connectivity index (χ4v) is 3.60. The highest BCUT2D eigenvalue weighted by Crippen LogP contribution is 2.30. The second kappa shape index (κ2) is 7.67. The molecule has 126 valence electrons. The van der Waals surface area contributed by atoms with Crippen LogP contribution in [0, 0.1) is 0 Å². The Kier molecular flexibility index (Phi) is 5.37. The Morgan fingerprint density at radius 1 is 1.21 bits per heavy atom. The Hall–Kier alpha value is -2.06. The molecule has 0 spiro atoms. The molecule has 0 bridgehead atoms. The van der Waals surface area contributed by atoms with Crippen molar-refractivity contribution < 1.29 is 9.47 Å². The van der Waals surface area contributed by atoms with E-state index in [1.54, 1.807) is 30.2 Å². The predicted octanol–water partition coefficient (Wildman–Crippen LogP) is 3.70. The highest BCUT2D eigenvalue weighted by atomic mass is 32.2. The monoisotopic (exact) mass is 362 g/mol. The second-order valence-corrected chi connectivity index (χ2v) is 7.10. The van der Waals surface area contributed by atoms with Gasteiger partial charge >= 0.3 is 0 Å². The standard InChI is InChI=1S/C16H18N4O2S2/c1-10(22-12-6-4-11(21-2)5-7-12)8-17-14-13-15(19-9-18-14)20-16(23-3)24-13/h4-7,9-10H,8H2,1-3H3,(H,17,18,19). The molecule has 6 nitrogen and oxygen atoms in total. The van der Waals surface area contributed by atoms with Crippen LogP contribution >= 0.6 is 23.1 Å². The fourth-order valence-electron chi connectivity index (χ4n) is 2.12. The molecule has 24 heavy (non-hydrogen) atoms. The van der Waals surface area contributed by atoms with Crippen LogP contribution in [0.1, 0.15) is 6.92 Å². The normalized spacial score (nSPS) is 12.1. The van der Waals surface area contributed by atoms with Crippen LogP contribution in [-0.4, -0.2) is 41.0 Å². The lowest BCUT2D eigenvalue weighted by Gasteiger charge is -2.16. The summed E-state index contributed by atoms with van der Waals surface area (Å²) in [5.74, 6) is 2.41. The van der Waals surface area contributed by atoms with Gasteiger partial charge in [-0.1, -0.05) is 11.8 Å². The quantitative estimate of drug-likeness (QED) is 0.643. The lowest BCUT2D eigenvalue weighted by Crippen LogP contribution is -2.23. The van der Waals surface area contributed by atoms with Gasteiger partial charge in [0.15, 0.2) is 9.99 Å². The summed E-state index contributed by atoms with van der Waals surface area (Å²) in [5.41, 5.74) is 0.727. The minimum atomic E-state index is -0.0173. The molecule has 0 saturated carbocycles. The predicted molar refractivity (Wildman–Crippen MR) is 98.6 cm³/mol. The van der Waals surface area contributed by atoms with Gasteiger partial charge in [-0.2, -0.15) is 0 Å². The Labute approximate surface area is 148 Å². The van der Waals surface area contributed by atoms with Crippen LogP contribution in [0.2, 0.25) is 0 Å². The number of ether oxygens (including phenoxy) is 2. The number of anilines is 1. The van der Waals surface area contributed by atoms with E-state index < -0.39 is 0 Å². The van der Waals surface area contributed by atoms with E-state index in [-0.39, 0.29) is 6.10 Å². The molecule has 1 unspecified atom stereocenters. The zero-order valence-electron chi connectivity index (χ0n) is 13.6. The third-order valence-corrected chi connectivity index (χ3v) is 5.34. The van der Waals surface area contributed by atoms with Crippen molar-refractivity contribution >= 4 is 39.3 Å². The SMILES string of the molecule is COc1ccc(OC(C)CNc2ncnc3nc(SC)sc23)cc1. The summed E-state index contributed by atoms with van der Waals surface area (Å²) < 4.78 is 13.0. The summed E-state index contributed by atoms with van der Waals surface area (Å²) >= 11 is 3.20. The first kappa shape index (κ1) is 16.8. The molecule has 0 radical (unpaired) electrons. The first-order valence-electron chi connectivity index (χ1n) is 7.39. The average molecular weight is 362 g/mol. The maximum Gasteiger partial charge on any atom is 0.176 e. The maximum atomic E-state index is 5.90. The molecule has 1 N–H and O–H groups in total. The van der Waals surface area contributed by atoms with E-state index in [2.05, 4.69) is 20.3 Å². The highest BCUT2D eigenvalue weighted by Gasteiger charge is 2.11. The van der Waals surface area contributed by atoms with Crippen LogP contribution in [0.4, 0.5) is 5.82 Å². The Bertz CT molecular complexity index is 807. The summed E-state index contributed by atoms with van der Waals surface area (Å²) in [5, 5.41) is 3.33. The number of rotatable bonds is 7. The molecular weight excluding hydrogens is 344 g/mol. The molecule has 3 rings (SSSR count). The summed E-state index contributed by atoms with van der Waals surface area (Å²) in [7, 11) is 1.65. The number of nitrogens with zero attached hydrogens (tertiary/aromatic N) is 3. The number of nitrogens with one attached hydrogen (secondary N) is 1. The Morgan fingerprint density at radius 3 is 2.67 bits per heavy atom.